The molecule has 0 spiro atoms. The Morgan fingerprint density at radius 2 is 2.50 bits per heavy atom. The number of carbonyl (C=O) groups is 1. The molecule has 0 aromatic heterocycles. The highest BCUT2D eigenvalue weighted by Gasteiger charge is 1.93. The lowest BCUT2D eigenvalue weighted by molar-refractivity contribution is 0.569. The molecule has 1 atom stereocenters. The molecule has 1 unspecified atom stereocenters. The van der Waals surface area contributed by atoms with Gasteiger partial charge in [-0.05, 0) is 25.3 Å². The van der Waals surface area contributed by atoms with E-state index in [1.54, 1.807) is 0 Å². The second-order valence-corrected chi connectivity index (χ2v) is 2.31. The van der Waals surface area contributed by atoms with Crippen LogP contribution in [0, 0.1) is 0 Å². The molecule has 0 heterocycles. The van der Waals surface area contributed by atoms with Crippen molar-refractivity contribution < 1.29 is 4.79 Å². The van der Waals surface area contributed by atoms with Gasteiger partial charge >= 0.3 is 0 Å². The van der Waals surface area contributed by atoms with Crippen molar-refractivity contribution >= 4 is 17.6 Å². The second-order valence-electron chi connectivity index (χ2n) is 1.64. The van der Waals surface area contributed by atoms with Crippen LogP contribution in [-0.4, -0.2) is 11.7 Å². The highest BCUT2D eigenvalue weighted by molar-refractivity contribution is 8.10. The van der Waals surface area contributed by atoms with Crippen LogP contribution >= 0.6 is 11.9 Å². The van der Waals surface area contributed by atoms with Gasteiger partial charge in [0.25, 0.3) is 0 Å². The molecular weight excluding hydrogens is 122 g/mol. The summed E-state index contributed by atoms with van der Waals surface area (Å²) in [6, 6.07) is 0.435. The number of hydrogen-bond acceptors (Lipinski definition) is 3. The van der Waals surface area contributed by atoms with E-state index >= 15 is 0 Å². The van der Waals surface area contributed by atoms with Crippen LogP contribution in [0.1, 0.15) is 20.3 Å². The Bertz CT molecular complexity index is 67.4. The summed E-state index contributed by atoms with van der Waals surface area (Å²) in [5.74, 6) is 0. The first-order chi connectivity index (χ1) is 3.81. The van der Waals surface area contributed by atoms with Gasteiger partial charge in [0.2, 0.25) is 0 Å². The Labute approximate surface area is 54.2 Å². The standard InChI is InChI=1S/C5H11NOS/c1-3-5(2)6-8-4-7/h4-6H,3H2,1-2H3. The summed E-state index contributed by atoms with van der Waals surface area (Å²) in [7, 11) is 0. The molecule has 0 amide bonds. The van der Waals surface area contributed by atoms with Gasteiger partial charge in [0.1, 0.15) is 0 Å². The summed E-state index contributed by atoms with van der Waals surface area (Å²) in [4.78, 5) is 9.73. The van der Waals surface area contributed by atoms with Crippen LogP contribution in [0.2, 0.25) is 0 Å². The van der Waals surface area contributed by atoms with Crippen molar-refractivity contribution in [2.24, 2.45) is 0 Å². The average Bonchev–Trinajstić information content (AvgIpc) is 1.83. The van der Waals surface area contributed by atoms with Crippen molar-refractivity contribution in [2.45, 2.75) is 26.3 Å². The first kappa shape index (κ1) is 7.98. The maximum absolute atomic E-state index is 9.73. The molecule has 0 saturated heterocycles. The van der Waals surface area contributed by atoms with Crippen molar-refractivity contribution in [3.8, 4) is 0 Å². The molecule has 0 aliphatic carbocycles. The Morgan fingerprint density at radius 3 is 2.88 bits per heavy atom. The monoisotopic (exact) mass is 133 g/mol. The third-order valence-electron chi connectivity index (χ3n) is 0.930. The van der Waals surface area contributed by atoms with E-state index < -0.39 is 0 Å². The Kier molecular flexibility index (Phi) is 5.11. The van der Waals surface area contributed by atoms with Crippen molar-refractivity contribution in [2.75, 3.05) is 0 Å². The van der Waals surface area contributed by atoms with Gasteiger partial charge < -0.3 is 0 Å². The third-order valence-corrected chi connectivity index (χ3v) is 1.56. The Balaban J connectivity index is 2.97. The summed E-state index contributed by atoms with van der Waals surface area (Å²) < 4.78 is 2.93. The third kappa shape index (κ3) is 4.15. The van der Waals surface area contributed by atoms with Gasteiger partial charge in [-0.15, -0.1) is 0 Å². The van der Waals surface area contributed by atoms with E-state index in [9.17, 15) is 4.79 Å². The number of hydrogen-bond donors (Lipinski definition) is 1. The first-order valence-corrected chi connectivity index (χ1v) is 3.54. The zero-order valence-electron chi connectivity index (χ0n) is 5.18. The van der Waals surface area contributed by atoms with Crippen LogP contribution in [0.3, 0.4) is 0 Å². The first-order valence-electron chi connectivity index (χ1n) is 2.66. The molecule has 1 N–H and O–H groups in total. The molecule has 0 aliphatic heterocycles. The molecule has 0 aromatic carbocycles. The molecular formula is C5H11NOS. The van der Waals surface area contributed by atoms with Crippen LogP contribution in [0.25, 0.3) is 0 Å². The maximum Gasteiger partial charge on any atom is 0.191 e. The van der Waals surface area contributed by atoms with Crippen LogP contribution in [0.5, 0.6) is 0 Å². The van der Waals surface area contributed by atoms with Gasteiger partial charge in [0.15, 0.2) is 5.62 Å². The van der Waals surface area contributed by atoms with Gasteiger partial charge in [0, 0.05) is 6.04 Å². The van der Waals surface area contributed by atoms with E-state index in [4.69, 9.17) is 0 Å². The van der Waals surface area contributed by atoms with Gasteiger partial charge in [-0.3, -0.25) is 9.52 Å². The summed E-state index contributed by atoms with van der Waals surface area (Å²) in [5, 5.41) is 0. The van der Waals surface area contributed by atoms with E-state index in [2.05, 4.69) is 11.6 Å². The van der Waals surface area contributed by atoms with Crippen LogP contribution < -0.4 is 4.72 Å². The van der Waals surface area contributed by atoms with Crippen LogP contribution in [0.4, 0.5) is 0 Å². The van der Waals surface area contributed by atoms with Crippen molar-refractivity contribution in [3.63, 3.8) is 0 Å². The lowest BCUT2D eigenvalue weighted by Crippen LogP contribution is -2.17. The lowest BCUT2D eigenvalue weighted by Gasteiger charge is -2.04. The lowest BCUT2D eigenvalue weighted by atomic mass is 10.3. The minimum atomic E-state index is 0.435. The predicted molar refractivity (Wildman–Crippen MR) is 37.2 cm³/mol. The minimum Gasteiger partial charge on any atom is -0.290 e. The Hall–Kier alpha value is -0.0200. The van der Waals surface area contributed by atoms with E-state index in [1.807, 2.05) is 6.92 Å². The highest BCUT2D eigenvalue weighted by Crippen LogP contribution is 1.93. The summed E-state index contributed by atoms with van der Waals surface area (Å²) >= 11 is 1.11. The van der Waals surface area contributed by atoms with Crippen molar-refractivity contribution in [1.82, 2.24) is 4.72 Å². The largest absolute Gasteiger partial charge is 0.290 e. The van der Waals surface area contributed by atoms with E-state index in [-0.39, 0.29) is 0 Å². The molecule has 0 aliphatic rings. The highest BCUT2D eigenvalue weighted by atomic mass is 32.2. The zero-order valence-corrected chi connectivity index (χ0v) is 5.99. The van der Waals surface area contributed by atoms with Gasteiger partial charge in [0.05, 0.1) is 0 Å². The molecule has 0 bridgehead atoms. The fraction of sp³-hybridized carbons (Fsp3) is 0.800. The molecule has 48 valence electrons. The van der Waals surface area contributed by atoms with E-state index in [0.717, 1.165) is 24.0 Å². The average molecular weight is 133 g/mol. The smallest absolute Gasteiger partial charge is 0.191 e. The molecule has 0 aromatic rings. The van der Waals surface area contributed by atoms with Crippen LogP contribution in [0.15, 0.2) is 0 Å². The minimum absolute atomic E-state index is 0.435. The SMILES string of the molecule is CCC(C)NSC=O. The molecule has 8 heavy (non-hydrogen) atoms. The fourth-order valence-electron chi connectivity index (χ4n) is 0.227. The Morgan fingerprint density at radius 1 is 1.88 bits per heavy atom. The summed E-state index contributed by atoms with van der Waals surface area (Å²) in [5.41, 5.74) is 0.798. The number of rotatable bonds is 4. The van der Waals surface area contributed by atoms with Crippen molar-refractivity contribution in [1.29, 1.82) is 0 Å². The normalized spacial score (nSPS) is 13.2. The molecule has 0 rings (SSSR count). The van der Waals surface area contributed by atoms with E-state index in [1.165, 1.54) is 0 Å². The maximum atomic E-state index is 9.73. The molecule has 2 nitrogen and oxygen atoms in total. The fourth-order valence-corrected chi connectivity index (χ4v) is 0.682. The van der Waals surface area contributed by atoms with Gasteiger partial charge in [-0.1, -0.05) is 6.92 Å². The quantitative estimate of drug-likeness (QED) is 0.461. The van der Waals surface area contributed by atoms with Crippen LogP contribution in [-0.2, 0) is 4.79 Å². The topological polar surface area (TPSA) is 29.1 Å². The summed E-state index contributed by atoms with van der Waals surface area (Å²) in [6.07, 6.45) is 1.06. The second kappa shape index (κ2) is 5.12. The molecule has 0 radical (unpaired) electrons. The summed E-state index contributed by atoms with van der Waals surface area (Å²) in [6.45, 7) is 4.11. The van der Waals surface area contributed by atoms with Crippen molar-refractivity contribution in [3.05, 3.63) is 0 Å². The number of carbonyl (C=O) groups excluding carboxylic acids is 1. The molecule has 3 heteroatoms. The molecule has 0 saturated carbocycles. The predicted octanol–water partition coefficient (Wildman–Crippen LogP) is 1.21. The van der Waals surface area contributed by atoms with E-state index in [0.29, 0.717) is 6.04 Å². The molecule has 0 fully saturated rings. The van der Waals surface area contributed by atoms with Gasteiger partial charge in [-0.2, -0.15) is 0 Å². The van der Waals surface area contributed by atoms with Gasteiger partial charge in [-0.25, -0.2) is 0 Å². The number of nitrogens with one attached hydrogen (secondary N) is 1. The zero-order chi connectivity index (χ0) is 6.41.